The van der Waals surface area contributed by atoms with Crippen molar-refractivity contribution in [1.82, 2.24) is 14.3 Å². The molecule has 2 aromatic heterocycles. The van der Waals surface area contributed by atoms with E-state index in [1.54, 1.807) is 29.9 Å². The lowest BCUT2D eigenvalue weighted by atomic mass is 10.2. The van der Waals surface area contributed by atoms with Gasteiger partial charge in [-0.25, -0.2) is 4.68 Å². The Morgan fingerprint density at radius 1 is 1.10 bits per heavy atom. The predicted molar refractivity (Wildman–Crippen MR) is 82.4 cm³/mol. The van der Waals surface area contributed by atoms with Crippen LogP contribution >= 0.6 is 0 Å². The summed E-state index contributed by atoms with van der Waals surface area (Å²) in [5.41, 5.74) is 3.11. The number of rotatable bonds is 1. The van der Waals surface area contributed by atoms with Crippen molar-refractivity contribution in [3.63, 3.8) is 0 Å². The highest BCUT2D eigenvalue weighted by Gasteiger charge is 2.05. The van der Waals surface area contributed by atoms with Gasteiger partial charge in [0, 0.05) is 24.7 Å². The summed E-state index contributed by atoms with van der Waals surface area (Å²) in [6.45, 7) is 6.06. The number of pyridine rings is 1. The van der Waals surface area contributed by atoms with Crippen molar-refractivity contribution in [2.24, 2.45) is 7.05 Å². The zero-order valence-electron chi connectivity index (χ0n) is 12.3. The van der Waals surface area contributed by atoms with Gasteiger partial charge in [0.05, 0.1) is 17.4 Å². The maximum Gasteiger partial charge on any atom is 0.250 e. The second-order valence-corrected chi connectivity index (χ2v) is 4.46. The van der Waals surface area contributed by atoms with Gasteiger partial charge in [-0.15, -0.1) is 0 Å². The minimum Gasteiger partial charge on any atom is -0.316 e. The highest BCUT2D eigenvalue weighted by atomic mass is 16.1. The van der Waals surface area contributed by atoms with Gasteiger partial charge in [-0.2, -0.15) is 5.10 Å². The lowest BCUT2D eigenvalue weighted by Gasteiger charge is -2.05. The van der Waals surface area contributed by atoms with Crippen molar-refractivity contribution in [2.45, 2.75) is 20.8 Å². The molecule has 20 heavy (non-hydrogen) atoms. The number of nitrogens with zero attached hydrogens (tertiary/aromatic N) is 3. The summed E-state index contributed by atoms with van der Waals surface area (Å²) in [5, 5.41) is 5.48. The monoisotopic (exact) mass is 269 g/mol. The Morgan fingerprint density at radius 3 is 2.55 bits per heavy atom. The van der Waals surface area contributed by atoms with E-state index >= 15 is 0 Å². The third-order valence-electron chi connectivity index (χ3n) is 3.04. The van der Waals surface area contributed by atoms with Gasteiger partial charge in [0.1, 0.15) is 0 Å². The van der Waals surface area contributed by atoms with Crippen LogP contribution in [-0.2, 0) is 7.05 Å². The molecule has 0 atom stereocenters. The van der Waals surface area contributed by atoms with Gasteiger partial charge in [-0.05, 0) is 25.1 Å². The Balaban J connectivity index is 0.000000704. The SMILES string of the molecule is CC.Cc1ccc2c(cnn2-c2ccc(=O)n(C)c2)c1. The fourth-order valence-electron chi connectivity index (χ4n) is 2.06. The molecule has 3 rings (SSSR count). The van der Waals surface area contributed by atoms with Gasteiger partial charge < -0.3 is 4.57 Å². The van der Waals surface area contributed by atoms with Crippen molar-refractivity contribution in [2.75, 3.05) is 0 Å². The first kappa shape index (κ1) is 14.1. The van der Waals surface area contributed by atoms with E-state index in [0.717, 1.165) is 16.6 Å². The van der Waals surface area contributed by atoms with Crippen molar-refractivity contribution in [3.8, 4) is 5.69 Å². The van der Waals surface area contributed by atoms with Crippen LogP contribution in [0.1, 0.15) is 19.4 Å². The fraction of sp³-hybridized carbons (Fsp3) is 0.250. The van der Waals surface area contributed by atoms with E-state index in [-0.39, 0.29) is 5.56 Å². The lowest BCUT2D eigenvalue weighted by molar-refractivity contribution is 0.822. The van der Waals surface area contributed by atoms with Crippen LogP contribution in [0.25, 0.3) is 16.6 Å². The Labute approximate surface area is 118 Å². The molecule has 0 unspecified atom stereocenters. The molecular weight excluding hydrogens is 250 g/mol. The maximum absolute atomic E-state index is 11.4. The van der Waals surface area contributed by atoms with E-state index < -0.39 is 0 Å². The first-order valence-electron chi connectivity index (χ1n) is 6.76. The number of aryl methyl sites for hydroxylation is 2. The second kappa shape index (κ2) is 5.74. The Bertz CT molecular complexity index is 784. The van der Waals surface area contributed by atoms with Gasteiger partial charge >= 0.3 is 0 Å². The Hall–Kier alpha value is -2.36. The molecule has 0 spiro atoms. The zero-order chi connectivity index (χ0) is 14.7. The van der Waals surface area contributed by atoms with E-state index in [9.17, 15) is 4.79 Å². The van der Waals surface area contributed by atoms with Crippen molar-refractivity contribution < 1.29 is 0 Å². The van der Waals surface area contributed by atoms with Crippen molar-refractivity contribution >= 4 is 10.9 Å². The van der Waals surface area contributed by atoms with Crippen LogP contribution in [0.15, 0.2) is 47.5 Å². The van der Waals surface area contributed by atoms with Crippen LogP contribution in [0.4, 0.5) is 0 Å². The van der Waals surface area contributed by atoms with Crippen LogP contribution in [0.5, 0.6) is 0 Å². The molecule has 0 saturated heterocycles. The number of hydrogen-bond acceptors (Lipinski definition) is 2. The lowest BCUT2D eigenvalue weighted by Crippen LogP contribution is -2.15. The van der Waals surface area contributed by atoms with Crippen molar-refractivity contribution in [3.05, 3.63) is 58.6 Å². The Kier molecular flexibility index (Phi) is 4.03. The largest absolute Gasteiger partial charge is 0.316 e. The maximum atomic E-state index is 11.4. The van der Waals surface area contributed by atoms with Crippen LogP contribution in [0.3, 0.4) is 0 Å². The van der Waals surface area contributed by atoms with Gasteiger partial charge in [0.2, 0.25) is 5.56 Å². The Morgan fingerprint density at radius 2 is 1.85 bits per heavy atom. The van der Waals surface area contributed by atoms with Gasteiger partial charge in [0.15, 0.2) is 0 Å². The molecule has 104 valence electrons. The standard InChI is InChI=1S/C14H13N3O.C2H6/c1-10-3-5-13-11(7-10)8-15-17(13)12-4-6-14(18)16(2)9-12;1-2/h3-9H,1-2H3;1-2H3. The minimum atomic E-state index is -0.0222. The number of fused-ring (bicyclic) bond motifs is 1. The molecule has 1 aromatic carbocycles. The third kappa shape index (κ3) is 2.50. The molecule has 3 aromatic rings. The fourth-order valence-corrected chi connectivity index (χ4v) is 2.06. The van der Waals surface area contributed by atoms with E-state index in [1.807, 2.05) is 30.8 Å². The molecule has 4 nitrogen and oxygen atoms in total. The second-order valence-electron chi connectivity index (χ2n) is 4.46. The average molecular weight is 269 g/mol. The van der Waals surface area contributed by atoms with Crippen molar-refractivity contribution in [1.29, 1.82) is 0 Å². The van der Waals surface area contributed by atoms with Gasteiger partial charge in [0.25, 0.3) is 0 Å². The molecule has 0 bridgehead atoms. The number of benzene rings is 1. The summed E-state index contributed by atoms with van der Waals surface area (Å²) >= 11 is 0. The number of aromatic nitrogens is 3. The highest BCUT2D eigenvalue weighted by molar-refractivity contribution is 5.80. The normalized spacial score (nSPS) is 10.2. The highest BCUT2D eigenvalue weighted by Crippen LogP contribution is 2.18. The summed E-state index contributed by atoms with van der Waals surface area (Å²) in [4.78, 5) is 11.4. The molecule has 0 radical (unpaired) electrons. The first-order valence-corrected chi connectivity index (χ1v) is 6.76. The van der Waals surface area contributed by atoms with Crippen LogP contribution < -0.4 is 5.56 Å². The number of hydrogen-bond donors (Lipinski definition) is 0. The predicted octanol–water partition coefficient (Wildman–Crippen LogP) is 3.06. The van der Waals surface area contributed by atoms with E-state index in [4.69, 9.17) is 0 Å². The summed E-state index contributed by atoms with van der Waals surface area (Å²) in [5.74, 6) is 0. The minimum absolute atomic E-state index is 0.0222. The third-order valence-corrected chi connectivity index (χ3v) is 3.04. The van der Waals surface area contributed by atoms with Crippen LogP contribution in [0, 0.1) is 6.92 Å². The van der Waals surface area contributed by atoms with Gasteiger partial charge in [-0.3, -0.25) is 4.79 Å². The van der Waals surface area contributed by atoms with Gasteiger partial charge in [-0.1, -0.05) is 25.5 Å². The molecule has 0 aliphatic rings. The summed E-state index contributed by atoms with van der Waals surface area (Å²) < 4.78 is 3.39. The first-order chi connectivity index (χ1) is 9.65. The zero-order valence-corrected chi connectivity index (χ0v) is 12.3. The molecule has 0 fully saturated rings. The topological polar surface area (TPSA) is 39.8 Å². The molecule has 0 aliphatic carbocycles. The molecule has 0 amide bonds. The quantitative estimate of drug-likeness (QED) is 0.681. The molecule has 4 heteroatoms. The van der Waals surface area contributed by atoms with Crippen LogP contribution in [0.2, 0.25) is 0 Å². The van der Waals surface area contributed by atoms with Crippen LogP contribution in [-0.4, -0.2) is 14.3 Å². The molecular formula is C16H19N3O. The molecule has 0 saturated carbocycles. The summed E-state index contributed by atoms with van der Waals surface area (Å²) in [6, 6.07) is 9.54. The van der Waals surface area contributed by atoms with E-state index in [2.05, 4.69) is 24.2 Å². The van der Waals surface area contributed by atoms with E-state index in [0.29, 0.717) is 0 Å². The molecule has 2 heterocycles. The molecule has 0 N–H and O–H groups in total. The summed E-state index contributed by atoms with van der Waals surface area (Å²) in [6.07, 6.45) is 3.63. The average Bonchev–Trinajstić information content (AvgIpc) is 2.87. The molecule has 0 aliphatic heterocycles. The van der Waals surface area contributed by atoms with E-state index in [1.165, 1.54) is 5.56 Å². The smallest absolute Gasteiger partial charge is 0.250 e. The summed E-state index contributed by atoms with van der Waals surface area (Å²) in [7, 11) is 1.74.